The van der Waals surface area contributed by atoms with Crippen LogP contribution in [0.4, 0.5) is 5.69 Å². The summed E-state index contributed by atoms with van der Waals surface area (Å²) < 4.78 is 1.66. The van der Waals surface area contributed by atoms with Crippen LogP contribution in [0.3, 0.4) is 0 Å². The van der Waals surface area contributed by atoms with Gasteiger partial charge in [0.2, 0.25) is 0 Å². The second kappa shape index (κ2) is 2.94. The molecule has 0 unspecified atom stereocenters. The molecule has 0 aliphatic carbocycles. The first-order chi connectivity index (χ1) is 5.15. The number of nitrogens with zero attached hydrogens (tertiary/aromatic N) is 1. The number of hydrogen-bond donors (Lipinski definition) is 3. The average Bonchev–Trinajstić information content (AvgIpc) is 2.30. The molecular weight excluding hydrogens is 144 g/mol. The maximum Gasteiger partial charge on any atom is 0.194 e. The molecule has 0 fully saturated rings. The molecule has 4 nitrogen and oxygen atoms in total. The summed E-state index contributed by atoms with van der Waals surface area (Å²) >= 11 is 0. The molecule has 0 aliphatic rings. The van der Waals surface area contributed by atoms with E-state index in [0.717, 1.165) is 5.69 Å². The number of nitrogens with one attached hydrogen (secondary N) is 1. The van der Waals surface area contributed by atoms with Gasteiger partial charge in [0.25, 0.3) is 0 Å². The van der Waals surface area contributed by atoms with Crippen molar-refractivity contribution in [3.8, 4) is 0 Å². The highest BCUT2D eigenvalue weighted by Crippen LogP contribution is 2.16. The molecule has 62 valence electrons. The third-order valence-electron chi connectivity index (χ3n) is 1.60. The Balaban J connectivity index is 2.97. The number of aliphatic hydroxyl groups excluding tert-OH is 1. The van der Waals surface area contributed by atoms with Gasteiger partial charge in [-0.1, -0.05) is 0 Å². The van der Waals surface area contributed by atoms with E-state index in [1.54, 1.807) is 30.9 Å². The van der Waals surface area contributed by atoms with Crippen molar-refractivity contribution in [1.29, 1.82) is 0 Å². The largest absolute Gasteiger partial charge is 0.387 e. The van der Waals surface area contributed by atoms with Crippen LogP contribution in [0.15, 0.2) is 12.3 Å². The lowest BCUT2D eigenvalue weighted by Gasteiger charge is -2.02. The minimum atomic E-state index is -1.40. The molecule has 0 aliphatic heterocycles. The van der Waals surface area contributed by atoms with Gasteiger partial charge >= 0.3 is 0 Å². The van der Waals surface area contributed by atoms with Gasteiger partial charge in [-0.15, -0.1) is 0 Å². The molecule has 1 aromatic heterocycles. The van der Waals surface area contributed by atoms with Crippen molar-refractivity contribution < 1.29 is 10.2 Å². The van der Waals surface area contributed by atoms with Crippen molar-refractivity contribution in [3.05, 3.63) is 18.0 Å². The lowest BCUT2D eigenvalue weighted by molar-refractivity contribution is -0.0477. The third-order valence-corrected chi connectivity index (χ3v) is 1.60. The molecule has 0 spiro atoms. The zero-order valence-corrected chi connectivity index (χ0v) is 6.57. The van der Waals surface area contributed by atoms with Crippen LogP contribution in [0.2, 0.25) is 0 Å². The molecule has 0 aromatic carbocycles. The Kier molecular flexibility index (Phi) is 2.16. The molecule has 0 amide bonds. The SMILES string of the molecule is CNc1cc(C(O)O)n(C)c1. The molecule has 0 saturated heterocycles. The first-order valence-electron chi connectivity index (χ1n) is 3.35. The molecule has 0 bridgehead atoms. The van der Waals surface area contributed by atoms with E-state index in [2.05, 4.69) is 5.32 Å². The zero-order valence-electron chi connectivity index (χ0n) is 6.57. The second-order valence-electron chi connectivity index (χ2n) is 2.39. The number of rotatable bonds is 2. The summed E-state index contributed by atoms with van der Waals surface area (Å²) in [7, 11) is 3.54. The van der Waals surface area contributed by atoms with Crippen LogP contribution in [0, 0.1) is 0 Å². The fourth-order valence-electron chi connectivity index (χ4n) is 0.975. The summed E-state index contributed by atoms with van der Waals surface area (Å²) in [6.45, 7) is 0. The predicted molar refractivity (Wildman–Crippen MR) is 42.1 cm³/mol. The highest BCUT2D eigenvalue weighted by Gasteiger charge is 2.07. The molecule has 1 rings (SSSR count). The fourth-order valence-corrected chi connectivity index (χ4v) is 0.975. The topological polar surface area (TPSA) is 57.4 Å². The maximum absolute atomic E-state index is 8.82. The van der Waals surface area contributed by atoms with Crippen LogP contribution in [0.5, 0.6) is 0 Å². The number of aromatic nitrogens is 1. The predicted octanol–water partition coefficient (Wildman–Crippen LogP) is 0.0500. The Morgan fingerprint density at radius 3 is 2.45 bits per heavy atom. The molecule has 3 N–H and O–H groups in total. The average molecular weight is 156 g/mol. The van der Waals surface area contributed by atoms with Crippen molar-refractivity contribution in [2.45, 2.75) is 6.29 Å². The van der Waals surface area contributed by atoms with Crippen molar-refractivity contribution >= 4 is 5.69 Å². The van der Waals surface area contributed by atoms with E-state index in [1.807, 2.05) is 0 Å². The number of aliphatic hydroxyl groups is 2. The Labute approximate surface area is 65.1 Å². The van der Waals surface area contributed by atoms with Gasteiger partial charge in [-0.3, -0.25) is 0 Å². The van der Waals surface area contributed by atoms with Crippen molar-refractivity contribution in [2.75, 3.05) is 12.4 Å². The number of aryl methyl sites for hydroxylation is 1. The molecule has 11 heavy (non-hydrogen) atoms. The Hall–Kier alpha value is -1.00. The Morgan fingerprint density at radius 1 is 1.55 bits per heavy atom. The van der Waals surface area contributed by atoms with Crippen LogP contribution in [0.1, 0.15) is 12.0 Å². The quantitative estimate of drug-likeness (QED) is 0.530. The lowest BCUT2D eigenvalue weighted by atomic mass is 10.4. The molecule has 1 aromatic rings. The summed E-state index contributed by atoms with van der Waals surface area (Å²) in [6.07, 6.45) is 0.386. The molecule has 4 heteroatoms. The van der Waals surface area contributed by atoms with Gasteiger partial charge in [0.1, 0.15) is 0 Å². The minimum absolute atomic E-state index is 0.481. The van der Waals surface area contributed by atoms with Gasteiger partial charge in [-0.2, -0.15) is 0 Å². The zero-order chi connectivity index (χ0) is 8.43. The molecule has 0 atom stereocenters. The maximum atomic E-state index is 8.82. The summed E-state index contributed by atoms with van der Waals surface area (Å²) in [5, 5.41) is 20.5. The second-order valence-corrected chi connectivity index (χ2v) is 2.39. The van der Waals surface area contributed by atoms with Crippen LogP contribution >= 0.6 is 0 Å². The van der Waals surface area contributed by atoms with Gasteiger partial charge < -0.3 is 20.1 Å². The summed E-state index contributed by atoms with van der Waals surface area (Å²) in [5.74, 6) is 0. The summed E-state index contributed by atoms with van der Waals surface area (Å²) in [6, 6.07) is 1.69. The normalized spacial score (nSPS) is 10.6. The molecule has 0 radical (unpaired) electrons. The standard InChI is InChI=1S/C7H12N2O2/c1-8-5-3-6(7(10)11)9(2)4-5/h3-4,7-8,10-11H,1-2H3. The number of anilines is 1. The van der Waals surface area contributed by atoms with Gasteiger partial charge in [0.05, 0.1) is 11.4 Å². The smallest absolute Gasteiger partial charge is 0.194 e. The van der Waals surface area contributed by atoms with E-state index >= 15 is 0 Å². The third kappa shape index (κ3) is 1.53. The lowest BCUT2D eigenvalue weighted by Crippen LogP contribution is -2.01. The first kappa shape index (κ1) is 8.10. The van der Waals surface area contributed by atoms with E-state index in [1.165, 1.54) is 0 Å². The Morgan fingerprint density at radius 2 is 2.18 bits per heavy atom. The van der Waals surface area contributed by atoms with Crippen LogP contribution in [-0.2, 0) is 7.05 Å². The van der Waals surface area contributed by atoms with E-state index in [9.17, 15) is 0 Å². The van der Waals surface area contributed by atoms with Gasteiger partial charge in [-0.05, 0) is 6.07 Å². The van der Waals surface area contributed by atoms with E-state index in [0.29, 0.717) is 5.69 Å². The monoisotopic (exact) mass is 156 g/mol. The van der Waals surface area contributed by atoms with Crippen molar-refractivity contribution in [3.63, 3.8) is 0 Å². The van der Waals surface area contributed by atoms with Crippen LogP contribution < -0.4 is 5.32 Å². The van der Waals surface area contributed by atoms with Crippen molar-refractivity contribution in [1.82, 2.24) is 4.57 Å². The van der Waals surface area contributed by atoms with E-state index < -0.39 is 6.29 Å². The minimum Gasteiger partial charge on any atom is -0.387 e. The molecular formula is C7H12N2O2. The van der Waals surface area contributed by atoms with Crippen LogP contribution in [0.25, 0.3) is 0 Å². The summed E-state index contributed by atoms with van der Waals surface area (Å²) in [4.78, 5) is 0. The first-order valence-corrected chi connectivity index (χ1v) is 3.35. The molecule has 1 heterocycles. The Bertz CT molecular complexity index is 243. The molecule has 0 saturated carbocycles. The van der Waals surface area contributed by atoms with Crippen LogP contribution in [-0.4, -0.2) is 21.8 Å². The highest BCUT2D eigenvalue weighted by atomic mass is 16.5. The van der Waals surface area contributed by atoms with Gasteiger partial charge in [0, 0.05) is 20.3 Å². The van der Waals surface area contributed by atoms with Gasteiger partial charge in [0.15, 0.2) is 6.29 Å². The van der Waals surface area contributed by atoms with E-state index in [4.69, 9.17) is 10.2 Å². The van der Waals surface area contributed by atoms with Crippen molar-refractivity contribution in [2.24, 2.45) is 7.05 Å². The van der Waals surface area contributed by atoms with E-state index in [-0.39, 0.29) is 0 Å². The highest BCUT2D eigenvalue weighted by molar-refractivity contribution is 5.43. The number of hydrogen-bond acceptors (Lipinski definition) is 3. The summed E-state index contributed by atoms with van der Waals surface area (Å²) in [5.41, 5.74) is 1.35. The fraction of sp³-hybridized carbons (Fsp3) is 0.429. The van der Waals surface area contributed by atoms with Gasteiger partial charge in [-0.25, -0.2) is 0 Å².